The standard InChI is InChI=1S/C18H19N3O4S/c1-3-25-13-8-5-4-7-12(13)19-15(22)11-21-16(23)18(2,20-17(21)24)14-9-6-10-26-14/h4-10H,3,11H2,1-2H3,(H,19,22)(H,20,24)/t18-/m1/s1. The van der Waals surface area contributed by atoms with Crippen LogP contribution in [0.1, 0.15) is 18.7 Å². The summed E-state index contributed by atoms with van der Waals surface area (Å²) in [5.74, 6) is -0.391. The number of anilines is 1. The number of hydrogen-bond acceptors (Lipinski definition) is 5. The molecule has 0 unspecified atom stereocenters. The Morgan fingerprint density at radius 1 is 1.27 bits per heavy atom. The number of nitrogens with one attached hydrogen (secondary N) is 2. The molecular weight excluding hydrogens is 354 g/mol. The number of thiophene rings is 1. The lowest BCUT2D eigenvalue weighted by molar-refractivity contribution is -0.133. The van der Waals surface area contributed by atoms with Gasteiger partial charge in [0.15, 0.2) is 5.54 Å². The number of ether oxygens (including phenoxy) is 1. The zero-order chi connectivity index (χ0) is 18.7. The van der Waals surface area contributed by atoms with Crippen LogP contribution in [0.5, 0.6) is 5.75 Å². The van der Waals surface area contributed by atoms with Crippen molar-refractivity contribution in [1.29, 1.82) is 0 Å². The van der Waals surface area contributed by atoms with Crippen molar-refractivity contribution in [1.82, 2.24) is 10.2 Å². The van der Waals surface area contributed by atoms with Crippen LogP contribution in [0, 0.1) is 0 Å². The number of nitrogens with zero attached hydrogens (tertiary/aromatic N) is 1. The summed E-state index contributed by atoms with van der Waals surface area (Å²) < 4.78 is 5.46. The minimum atomic E-state index is -1.14. The Morgan fingerprint density at radius 2 is 2.04 bits per heavy atom. The zero-order valence-corrected chi connectivity index (χ0v) is 15.3. The van der Waals surface area contributed by atoms with Gasteiger partial charge in [0, 0.05) is 4.88 Å². The second-order valence-electron chi connectivity index (χ2n) is 5.90. The summed E-state index contributed by atoms with van der Waals surface area (Å²) in [6.07, 6.45) is 0. The van der Waals surface area contributed by atoms with Gasteiger partial charge >= 0.3 is 6.03 Å². The van der Waals surface area contributed by atoms with Crippen molar-refractivity contribution >= 4 is 34.9 Å². The molecule has 2 aromatic rings. The molecule has 136 valence electrons. The third kappa shape index (κ3) is 3.28. The van der Waals surface area contributed by atoms with Gasteiger partial charge in [0.1, 0.15) is 12.3 Å². The highest BCUT2D eigenvalue weighted by atomic mass is 32.1. The van der Waals surface area contributed by atoms with Crippen LogP contribution in [0.25, 0.3) is 0 Å². The van der Waals surface area contributed by atoms with Gasteiger partial charge in [-0.3, -0.25) is 14.5 Å². The molecular formula is C18H19N3O4S. The first-order chi connectivity index (χ1) is 12.5. The van der Waals surface area contributed by atoms with Gasteiger partial charge in [-0.15, -0.1) is 11.3 Å². The number of rotatable bonds is 6. The van der Waals surface area contributed by atoms with Crippen LogP contribution in [0.15, 0.2) is 41.8 Å². The van der Waals surface area contributed by atoms with Gasteiger partial charge in [0.2, 0.25) is 5.91 Å². The minimum Gasteiger partial charge on any atom is -0.492 e. The first-order valence-electron chi connectivity index (χ1n) is 8.15. The van der Waals surface area contributed by atoms with E-state index in [-0.39, 0.29) is 6.54 Å². The quantitative estimate of drug-likeness (QED) is 0.762. The molecule has 0 aliphatic carbocycles. The van der Waals surface area contributed by atoms with Gasteiger partial charge in [-0.1, -0.05) is 18.2 Å². The molecule has 3 rings (SSSR count). The van der Waals surface area contributed by atoms with Gasteiger partial charge in [-0.2, -0.15) is 0 Å². The van der Waals surface area contributed by atoms with Crippen LogP contribution < -0.4 is 15.4 Å². The number of benzene rings is 1. The normalized spacial score (nSPS) is 19.4. The van der Waals surface area contributed by atoms with Crippen LogP contribution in [0.3, 0.4) is 0 Å². The predicted molar refractivity (Wildman–Crippen MR) is 98.2 cm³/mol. The molecule has 2 heterocycles. The Labute approximate surface area is 155 Å². The molecule has 0 saturated carbocycles. The van der Waals surface area contributed by atoms with Gasteiger partial charge in [-0.25, -0.2) is 4.79 Å². The van der Waals surface area contributed by atoms with Gasteiger partial charge < -0.3 is 15.4 Å². The second-order valence-corrected chi connectivity index (χ2v) is 6.85. The molecule has 4 amide bonds. The Morgan fingerprint density at radius 3 is 2.73 bits per heavy atom. The van der Waals surface area contributed by atoms with E-state index in [0.29, 0.717) is 18.0 Å². The highest BCUT2D eigenvalue weighted by Gasteiger charge is 2.50. The number of imide groups is 1. The van der Waals surface area contributed by atoms with Crippen molar-refractivity contribution in [2.45, 2.75) is 19.4 Å². The largest absolute Gasteiger partial charge is 0.492 e. The molecule has 8 heteroatoms. The molecule has 1 atom stereocenters. The molecule has 1 aliphatic heterocycles. The summed E-state index contributed by atoms with van der Waals surface area (Å²) in [5, 5.41) is 7.20. The molecule has 7 nitrogen and oxygen atoms in total. The minimum absolute atomic E-state index is 0.369. The van der Waals surface area contributed by atoms with E-state index in [1.165, 1.54) is 11.3 Å². The average molecular weight is 373 g/mol. The van der Waals surface area contributed by atoms with E-state index in [4.69, 9.17) is 4.74 Å². The van der Waals surface area contributed by atoms with E-state index >= 15 is 0 Å². The lowest BCUT2D eigenvalue weighted by Crippen LogP contribution is -2.41. The number of carbonyl (C=O) groups excluding carboxylic acids is 3. The van der Waals surface area contributed by atoms with Crippen LogP contribution in [-0.4, -0.2) is 35.9 Å². The molecule has 0 radical (unpaired) electrons. The van der Waals surface area contributed by atoms with Crippen molar-refractivity contribution in [2.24, 2.45) is 0 Å². The fraction of sp³-hybridized carbons (Fsp3) is 0.278. The Kier molecular flexibility index (Phi) is 4.94. The highest BCUT2D eigenvalue weighted by molar-refractivity contribution is 7.10. The van der Waals surface area contributed by atoms with Gasteiger partial charge in [-0.05, 0) is 37.4 Å². The Bertz CT molecular complexity index is 837. The van der Waals surface area contributed by atoms with Crippen molar-refractivity contribution in [3.63, 3.8) is 0 Å². The predicted octanol–water partition coefficient (Wildman–Crippen LogP) is 2.55. The molecule has 0 spiro atoms. The van der Waals surface area contributed by atoms with Crippen molar-refractivity contribution in [3.8, 4) is 5.75 Å². The van der Waals surface area contributed by atoms with Crippen molar-refractivity contribution in [2.75, 3.05) is 18.5 Å². The maximum Gasteiger partial charge on any atom is 0.325 e. The van der Waals surface area contributed by atoms with Crippen LogP contribution in [-0.2, 0) is 15.1 Å². The monoisotopic (exact) mass is 373 g/mol. The smallest absolute Gasteiger partial charge is 0.325 e. The van der Waals surface area contributed by atoms with Crippen LogP contribution in [0.2, 0.25) is 0 Å². The average Bonchev–Trinajstić information content (AvgIpc) is 3.22. The third-order valence-electron chi connectivity index (χ3n) is 4.05. The summed E-state index contributed by atoms with van der Waals surface area (Å²) in [7, 11) is 0. The molecule has 1 fully saturated rings. The van der Waals surface area contributed by atoms with E-state index in [9.17, 15) is 14.4 Å². The zero-order valence-electron chi connectivity index (χ0n) is 14.4. The molecule has 2 N–H and O–H groups in total. The maximum absolute atomic E-state index is 12.7. The van der Waals surface area contributed by atoms with E-state index in [1.54, 1.807) is 37.3 Å². The Balaban J connectivity index is 1.72. The molecule has 1 aliphatic rings. The number of amides is 4. The molecule has 26 heavy (non-hydrogen) atoms. The van der Waals surface area contributed by atoms with E-state index < -0.39 is 23.4 Å². The number of hydrogen-bond donors (Lipinski definition) is 2. The SMILES string of the molecule is CCOc1ccccc1NC(=O)CN1C(=O)N[C@](C)(c2cccs2)C1=O. The third-order valence-corrected chi connectivity index (χ3v) is 5.14. The first kappa shape index (κ1) is 17.9. The van der Waals surface area contributed by atoms with E-state index in [1.807, 2.05) is 18.4 Å². The summed E-state index contributed by atoms with van der Waals surface area (Å²) in [4.78, 5) is 39.0. The van der Waals surface area contributed by atoms with Crippen molar-refractivity contribution in [3.05, 3.63) is 46.7 Å². The lowest BCUT2D eigenvalue weighted by atomic mass is 10.0. The van der Waals surface area contributed by atoms with Crippen LogP contribution in [0.4, 0.5) is 10.5 Å². The summed E-state index contributed by atoms with van der Waals surface area (Å²) >= 11 is 1.38. The number of para-hydroxylation sites is 2. The molecule has 1 saturated heterocycles. The molecule has 1 aromatic heterocycles. The fourth-order valence-electron chi connectivity index (χ4n) is 2.76. The fourth-order valence-corrected chi connectivity index (χ4v) is 3.59. The number of urea groups is 1. The van der Waals surface area contributed by atoms with Crippen LogP contribution >= 0.6 is 11.3 Å². The lowest BCUT2D eigenvalue weighted by Gasteiger charge is -2.20. The first-order valence-corrected chi connectivity index (χ1v) is 9.03. The molecule has 0 bridgehead atoms. The topological polar surface area (TPSA) is 87.7 Å². The van der Waals surface area contributed by atoms with Gasteiger partial charge in [0.05, 0.1) is 12.3 Å². The summed E-state index contributed by atoms with van der Waals surface area (Å²) in [6.45, 7) is 3.57. The second kappa shape index (κ2) is 7.17. The Hall–Kier alpha value is -2.87. The van der Waals surface area contributed by atoms with E-state index in [2.05, 4.69) is 10.6 Å². The molecule has 1 aromatic carbocycles. The summed E-state index contributed by atoms with van der Waals surface area (Å²) in [6, 6.07) is 10.0. The number of carbonyl (C=O) groups is 3. The maximum atomic E-state index is 12.7. The van der Waals surface area contributed by atoms with Crippen molar-refractivity contribution < 1.29 is 19.1 Å². The summed E-state index contributed by atoms with van der Waals surface area (Å²) in [5.41, 5.74) is -0.651. The highest BCUT2D eigenvalue weighted by Crippen LogP contribution is 2.32. The van der Waals surface area contributed by atoms with E-state index in [0.717, 1.165) is 9.78 Å². The van der Waals surface area contributed by atoms with Gasteiger partial charge in [0.25, 0.3) is 5.91 Å².